The Morgan fingerprint density at radius 2 is 1.78 bits per heavy atom. The number of para-hydroxylation sites is 1. The number of ether oxygens (including phenoxy) is 1. The number of phenolic OH excluding ortho intramolecular Hbond substituents is 1. The van der Waals surface area contributed by atoms with E-state index < -0.39 is 29.7 Å². The second kappa shape index (κ2) is 11.2. The van der Waals surface area contributed by atoms with Crippen LogP contribution in [-0.2, 0) is 14.4 Å². The number of fused-ring (bicyclic) bond motifs is 2. The molecule has 0 spiro atoms. The summed E-state index contributed by atoms with van der Waals surface area (Å²) in [5.74, 6) is -1.88. The van der Waals surface area contributed by atoms with Crippen molar-refractivity contribution in [1.29, 1.82) is 0 Å². The highest BCUT2D eigenvalue weighted by Gasteiger charge is 2.46. The summed E-state index contributed by atoms with van der Waals surface area (Å²) >= 11 is 0. The molecule has 3 aliphatic rings. The molecule has 3 N–H and O–H groups in total. The number of imide groups is 2. The van der Waals surface area contributed by atoms with Crippen molar-refractivity contribution >= 4 is 40.6 Å². The van der Waals surface area contributed by atoms with E-state index >= 15 is 0 Å². The summed E-state index contributed by atoms with van der Waals surface area (Å²) in [5.41, 5.74) is 3.00. The normalized spacial score (nSPS) is 18.3. The summed E-state index contributed by atoms with van der Waals surface area (Å²) in [7, 11) is 0. The van der Waals surface area contributed by atoms with Gasteiger partial charge in [-0.05, 0) is 49.2 Å². The van der Waals surface area contributed by atoms with E-state index in [9.17, 15) is 29.1 Å². The largest absolute Gasteiger partial charge is 0.507 e. The molecule has 228 valence electrons. The monoisotopic (exact) mass is 608 g/mol. The minimum absolute atomic E-state index is 0.0128. The van der Waals surface area contributed by atoms with Crippen LogP contribution in [0, 0.1) is 0 Å². The predicted molar refractivity (Wildman–Crippen MR) is 158 cm³/mol. The first-order chi connectivity index (χ1) is 21.8. The van der Waals surface area contributed by atoms with Crippen molar-refractivity contribution in [2.24, 2.45) is 0 Å². The molecule has 0 saturated carbocycles. The summed E-state index contributed by atoms with van der Waals surface area (Å²) in [6.45, 7) is 1.27. The van der Waals surface area contributed by atoms with Gasteiger partial charge in [0.1, 0.15) is 17.5 Å². The van der Waals surface area contributed by atoms with Gasteiger partial charge in [-0.15, -0.1) is 10.2 Å². The maximum Gasteiger partial charge on any atom is 0.266 e. The molecule has 0 aliphatic carbocycles. The molecule has 2 aromatic heterocycles. The van der Waals surface area contributed by atoms with Crippen molar-refractivity contribution in [1.82, 2.24) is 30.3 Å². The number of carbonyl (C=O) groups excluding carboxylic acids is 5. The van der Waals surface area contributed by atoms with Crippen molar-refractivity contribution in [3.8, 4) is 22.8 Å². The average molecular weight is 609 g/mol. The van der Waals surface area contributed by atoms with Gasteiger partial charge in [-0.1, -0.05) is 18.2 Å². The number of hydrogen-bond acceptors (Lipinski definition) is 9. The zero-order chi connectivity index (χ0) is 31.2. The summed E-state index contributed by atoms with van der Waals surface area (Å²) in [6.07, 6.45) is 0.761. The lowest BCUT2D eigenvalue weighted by Crippen LogP contribution is -2.54. The molecule has 13 heteroatoms. The van der Waals surface area contributed by atoms with Crippen molar-refractivity contribution in [2.45, 2.75) is 37.6 Å². The highest BCUT2D eigenvalue weighted by Crippen LogP contribution is 2.35. The molecule has 0 radical (unpaired) electrons. The molecule has 2 saturated heterocycles. The summed E-state index contributed by atoms with van der Waals surface area (Å²) < 4.78 is 5.84. The maximum atomic E-state index is 13.2. The number of aromatic nitrogens is 3. The molecule has 13 nitrogen and oxygen atoms in total. The molecular weight excluding hydrogens is 580 g/mol. The summed E-state index contributed by atoms with van der Waals surface area (Å²) in [5, 5.41) is 21.7. The standard InChI is InChI=1S/C32H28N6O7/c39-24-7-2-1-5-19(24)22-14-17-13-21(33-29(17)36-35-22)18-15-37(16-18)27(41)9-4-12-45-25-8-3-6-20-28(25)32(44)38(31(20)43)23-10-11-26(40)34-30(23)42/h1-3,5-8,13-14,18,23,39H,4,9-12,15-16H2,(H,33,36)(H,34,40,42). The molecule has 7 rings (SSSR count). The Morgan fingerprint density at radius 3 is 2.58 bits per heavy atom. The number of carbonyl (C=O) groups is 5. The quantitative estimate of drug-likeness (QED) is 0.201. The van der Waals surface area contributed by atoms with E-state index in [0.29, 0.717) is 36.4 Å². The molecule has 1 atom stereocenters. The number of nitrogens with one attached hydrogen (secondary N) is 2. The number of phenols is 1. The zero-order valence-corrected chi connectivity index (χ0v) is 24.0. The number of H-pyrrole nitrogens is 1. The van der Waals surface area contributed by atoms with E-state index in [1.165, 1.54) is 6.07 Å². The summed E-state index contributed by atoms with van der Waals surface area (Å²) in [4.78, 5) is 68.9. The average Bonchev–Trinajstić information content (AvgIpc) is 3.53. The van der Waals surface area contributed by atoms with Gasteiger partial charge in [-0.25, -0.2) is 0 Å². The topological polar surface area (TPSA) is 175 Å². The van der Waals surface area contributed by atoms with Gasteiger partial charge in [-0.2, -0.15) is 0 Å². The van der Waals surface area contributed by atoms with E-state index in [2.05, 4.69) is 20.5 Å². The number of piperidine rings is 1. The molecule has 4 aromatic rings. The van der Waals surface area contributed by atoms with Crippen molar-refractivity contribution < 1.29 is 33.8 Å². The Bertz CT molecular complexity index is 1900. The van der Waals surface area contributed by atoms with Crippen LogP contribution in [0.15, 0.2) is 54.6 Å². The Kier molecular flexibility index (Phi) is 6.99. The van der Waals surface area contributed by atoms with Gasteiger partial charge < -0.3 is 19.7 Å². The Morgan fingerprint density at radius 1 is 0.978 bits per heavy atom. The van der Waals surface area contributed by atoms with Crippen molar-refractivity contribution in [2.75, 3.05) is 19.7 Å². The van der Waals surface area contributed by atoms with Crippen LogP contribution >= 0.6 is 0 Å². The Labute approximate surface area is 256 Å². The van der Waals surface area contributed by atoms with Crippen molar-refractivity contribution in [3.05, 3.63) is 71.4 Å². The van der Waals surface area contributed by atoms with Gasteiger partial charge in [0.25, 0.3) is 11.8 Å². The fourth-order valence-electron chi connectivity index (χ4n) is 6.04. The van der Waals surface area contributed by atoms with Gasteiger partial charge in [0.2, 0.25) is 17.7 Å². The van der Waals surface area contributed by atoms with Crippen LogP contribution in [0.1, 0.15) is 58.0 Å². The Hall–Kier alpha value is -5.59. The summed E-state index contributed by atoms with van der Waals surface area (Å²) in [6, 6.07) is 14.5. The van der Waals surface area contributed by atoms with Crippen LogP contribution in [0.25, 0.3) is 22.3 Å². The number of rotatable bonds is 8. The van der Waals surface area contributed by atoms with E-state index in [1.54, 1.807) is 35.2 Å². The molecule has 2 fully saturated rings. The minimum atomic E-state index is -1.06. The second-order valence-electron chi connectivity index (χ2n) is 11.3. The zero-order valence-electron chi connectivity index (χ0n) is 24.0. The predicted octanol–water partition coefficient (Wildman–Crippen LogP) is 2.52. The van der Waals surface area contributed by atoms with E-state index in [0.717, 1.165) is 16.0 Å². The maximum absolute atomic E-state index is 13.2. The molecule has 0 bridgehead atoms. The number of aromatic amines is 1. The van der Waals surface area contributed by atoms with Crippen LogP contribution in [0.3, 0.4) is 0 Å². The molecule has 3 aliphatic heterocycles. The first-order valence-electron chi connectivity index (χ1n) is 14.7. The van der Waals surface area contributed by atoms with Crippen LogP contribution in [0.2, 0.25) is 0 Å². The van der Waals surface area contributed by atoms with Crippen LogP contribution < -0.4 is 10.1 Å². The third kappa shape index (κ3) is 5.05. The highest BCUT2D eigenvalue weighted by atomic mass is 16.5. The molecular formula is C32H28N6O7. The third-order valence-corrected chi connectivity index (χ3v) is 8.47. The van der Waals surface area contributed by atoms with E-state index in [1.807, 2.05) is 18.2 Å². The highest BCUT2D eigenvalue weighted by molar-refractivity contribution is 6.24. The minimum Gasteiger partial charge on any atom is -0.507 e. The fraction of sp³-hybridized carbons (Fsp3) is 0.281. The molecule has 1 unspecified atom stereocenters. The molecule has 5 amide bonds. The van der Waals surface area contributed by atoms with Gasteiger partial charge in [0.05, 0.1) is 23.4 Å². The van der Waals surface area contributed by atoms with Gasteiger partial charge >= 0.3 is 0 Å². The molecule has 5 heterocycles. The number of nitrogens with zero attached hydrogens (tertiary/aromatic N) is 4. The lowest BCUT2D eigenvalue weighted by molar-refractivity contribution is -0.137. The van der Waals surface area contributed by atoms with E-state index in [4.69, 9.17) is 4.74 Å². The lowest BCUT2D eigenvalue weighted by atomic mass is 9.95. The first kappa shape index (κ1) is 28.2. The number of aromatic hydroxyl groups is 1. The van der Waals surface area contributed by atoms with Crippen LogP contribution in [0.4, 0.5) is 0 Å². The van der Waals surface area contributed by atoms with Gasteiger partial charge in [0, 0.05) is 48.5 Å². The number of likely N-dealkylation sites (tertiary alicyclic amines) is 1. The number of amides is 5. The van der Waals surface area contributed by atoms with Crippen LogP contribution in [-0.4, -0.2) is 85.4 Å². The smallest absolute Gasteiger partial charge is 0.266 e. The van der Waals surface area contributed by atoms with Crippen molar-refractivity contribution in [3.63, 3.8) is 0 Å². The molecule has 45 heavy (non-hydrogen) atoms. The number of hydrogen-bond donors (Lipinski definition) is 3. The number of benzene rings is 2. The second-order valence-corrected chi connectivity index (χ2v) is 11.3. The Balaban J connectivity index is 0.919. The third-order valence-electron chi connectivity index (χ3n) is 8.47. The fourth-order valence-corrected chi connectivity index (χ4v) is 6.04. The van der Waals surface area contributed by atoms with Gasteiger partial charge in [0.15, 0.2) is 5.65 Å². The molecule has 2 aromatic carbocycles. The SMILES string of the molecule is O=C1CCC(N2C(=O)c3cccc(OCCCC(=O)N4CC(c5cc6cc(-c7ccccc7O)nnc6[nH]5)C4)c3C2=O)C(=O)N1. The van der Waals surface area contributed by atoms with E-state index in [-0.39, 0.29) is 60.3 Å². The van der Waals surface area contributed by atoms with Crippen LogP contribution in [0.5, 0.6) is 11.5 Å². The van der Waals surface area contributed by atoms with Gasteiger partial charge in [-0.3, -0.25) is 34.2 Å². The first-order valence-corrected chi connectivity index (χ1v) is 14.7. The lowest BCUT2D eigenvalue weighted by Gasteiger charge is -2.39.